The van der Waals surface area contributed by atoms with Crippen LogP contribution < -0.4 is 15.1 Å². The van der Waals surface area contributed by atoms with Crippen LogP contribution in [0, 0.1) is 0 Å². The Labute approximate surface area is 149 Å². The van der Waals surface area contributed by atoms with Gasteiger partial charge < -0.3 is 9.64 Å². The van der Waals surface area contributed by atoms with E-state index in [2.05, 4.69) is 14.5 Å². The average Bonchev–Trinajstić information content (AvgIpc) is 2.81. The lowest BCUT2D eigenvalue weighted by Crippen LogP contribution is -2.47. The standard InChI is InChI=1S/C19H19F3N2O2/c20-19(21,22)26-16-8-6-15(7-9-16)14-23-10-12-24(13-11-23)17-4-2-1-3-5-18(17)25/h1-9H,10-14H2. The fourth-order valence-electron chi connectivity index (χ4n) is 2.98. The van der Waals surface area contributed by atoms with Gasteiger partial charge in [-0.1, -0.05) is 30.3 Å². The van der Waals surface area contributed by atoms with Gasteiger partial charge in [-0.2, -0.15) is 0 Å². The van der Waals surface area contributed by atoms with Crippen LogP contribution in [0.15, 0.2) is 59.4 Å². The van der Waals surface area contributed by atoms with E-state index >= 15 is 0 Å². The molecule has 0 N–H and O–H groups in total. The highest BCUT2D eigenvalue weighted by Crippen LogP contribution is 2.23. The van der Waals surface area contributed by atoms with Gasteiger partial charge >= 0.3 is 6.36 Å². The minimum absolute atomic E-state index is 0.00343. The number of piperazine rings is 1. The van der Waals surface area contributed by atoms with Gasteiger partial charge in [-0.15, -0.1) is 13.2 Å². The number of hydrogen-bond acceptors (Lipinski definition) is 4. The molecule has 1 aliphatic rings. The first-order valence-corrected chi connectivity index (χ1v) is 8.32. The number of hydrogen-bond donors (Lipinski definition) is 0. The van der Waals surface area contributed by atoms with Crippen molar-refractivity contribution in [2.45, 2.75) is 12.9 Å². The quantitative estimate of drug-likeness (QED) is 0.834. The third kappa shape index (κ3) is 4.98. The molecule has 7 heteroatoms. The van der Waals surface area contributed by atoms with Gasteiger partial charge in [-0.05, 0) is 29.8 Å². The zero-order valence-corrected chi connectivity index (χ0v) is 14.1. The van der Waals surface area contributed by atoms with E-state index in [-0.39, 0.29) is 11.2 Å². The highest BCUT2D eigenvalue weighted by molar-refractivity contribution is 5.45. The van der Waals surface area contributed by atoms with Gasteiger partial charge in [0.05, 0.1) is 5.69 Å². The monoisotopic (exact) mass is 364 g/mol. The van der Waals surface area contributed by atoms with Crippen LogP contribution in [0.25, 0.3) is 0 Å². The van der Waals surface area contributed by atoms with Gasteiger partial charge in [0.15, 0.2) is 0 Å². The summed E-state index contributed by atoms with van der Waals surface area (Å²) in [6.45, 7) is 3.66. The summed E-state index contributed by atoms with van der Waals surface area (Å²) in [6, 6.07) is 14.7. The number of halogens is 3. The third-order valence-corrected chi connectivity index (χ3v) is 4.25. The van der Waals surface area contributed by atoms with Gasteiger partial charge in [0.1, 0.15) is 5.75 Å². The predicted molar refractivity (Wildman–Crippen MR) is 93.3 cm³/mol. The van der Waals surface area contributed by atoms with Crippen LogP contribution >= 0.6 is 0 Å². The van der Waals surface area contributed by atoms with E-state index in [1.54, 1.807) is 24.3 Å². The Morgan fingerprint density at radius 1 is 0.885 bits per heavy atom. The van der Waals surface area contributed by atoms with Gasteiger partial charge in [-0.3, -0.25) is 9.69 Å². The second kappa shape index (κ2) is 7.78. The maximum atomic E-state index is 12.2. The second-order valence-corrected chi connectivity index (χ2v) is 6.12. The third-order valence-electron chi connectivity index (χ3n) is 4.25. The maximum absolute atomic E-state index is 12.2. The molecule has 0 aromatic heterocycles. The van der Waals surface area contributed by atoms with Crippen molar-refractivity contribution in [1.82, 2.24) is 4.90 Å². The molecule has 1 heterocycles. The highest BCUT2D eigenvalue weighted by Gasteiger charge is 2.31. The molecular formula is C19H19F3N2O2. The van der Waals surface area contributed by atoms with Gasteiger partial charge in [0.25, 0.3) is 0 Å². The molecule has 0 saturated carbocycles. The molecule has 0 unspecified atom stereocenters. The van der Waals surface area contributed by atoms with Crippen molar-refractivity contribution in [2.75, 3.05) is 31.1 Å². The molecular weight excluding hydrogens is 345 g/mol. The predicted octanol–water partition coefficient (Wildman–Crippen LogP) is 3.27. The molecule has 0 radical (unpaired) electrons. The van der Waals surface area contributed by atoms with E-state index in [1.807, 2.05) is 18.2 Å². The zero-order chi connectivity index (χ0) is 18.6. The fourth-order valence-corrected chi connectivity index (χ4v) is 2.98. The minimum atomic E-state index is -4.67. The number of alkyl halides is 3. The molecule has 3 rings (SSSR count). The number of rotatable bonds is 4. The van der Waals surface area contributed by atoms with Gasteiger partial charge in [0.2, 0.25) is 5.43 Å². The SMILES string of the molecule is O=c1cccccc1N1CCN(Cc2ccc(OC(F)(F)F)cc2)CC1. The lowest BCUT2D eigenvalue weighted by Gasteiger charge is -2.35. The molecule has 0 aliphatic carbocycles. The van der Waals surface area contributed by atoms with E-state index in [1.165, 1.54) is 12.1 Å². The van der Waals surface area contributed by atoms with E-state index < -0.39 is 6.36 Å². The van der Waals surface area contributed by atoms with E-state index in [9.17, 15) is 18.0 Å². The summed E-state index contributed by atoms with van der Waals surface area (Å²) in [4.78, 5) is 16.4. The van der Waals surface area contributed by atoms with E-state index in [4.69, 9.17) is 0 Å². The van der Waals surface area contributed by atoms with Crippen molar-refractivity contribution in [2.24, 2.45) is 0 Å². The highest BCUT2D eigenvalue weighted by atomic mass is 19.4. The Bertz CT molecular complexity index is 786. The van der Waals surface area contributed by atoms with Crippen LogP contribution in [0.4, 0.5) is 18.9 Å². The molecule has 0 amide bonds. The zero-order valence-electron chi connectivity index (χ0n) is 14.1. The molecule has 1 saturated heterocycles. The molecule has 0 atom stereocenters. The smallest absolute Gasteiger partial charge is 0.406 e. The number of nitrogens with zero attached hydrogens (tertiary/aromatic N) is 2. The normalized spacial score (nSPS) is 15.7. The summed E-state index contributed by atoms with van der Waals surface area (Å²) >= 11 is 0. The largest absolute Gasteiger partial charge is 0.573 e. The number of anilines is 1. The lowest BCUT2D eigenvalue weighted by atomic mass is 10.2. The molecule has 1 aliphatic heterocycles. The Morgan fingerprint density at radius 2 is 1.54 bits per heavy atom. The average molecular weight is 364 g/mol. The first kappa shape index (κ1) is 18.3. The van der Waals surface area contributed by atoms with Crippen molar-refractivity contribution in [3.05, 3.63) is 70.4 Å². The van der Waals surface area contributed by atoms with Crippen molar-refractivity contribution in [3.8, 4) is 5.75 Å². The summed E-state index contributed by atoms with van der Waals surface area (Å²) in [7, 11) is 0. The molecule has 2 aromatic rings. The number of ether oxygens (including phenoxy) is 1. The second-order valence-electron chi connectivity index (χ2n) is 6.12. The summed E-state index contributed by atoms with van der Waals surface area (Å²) in [5.41, 5.74) is 1.62. The lowest BCUT2D eigenvalue weighted by molar-refractivity contribution is -0.274. The Hall–Kier alpha value is -2.54. The molecule has 0 bridgehead atoms. The number of benzene rings is 1. The Kier molecular flexibility index (Phi) is 5.46. The summed E-state index contributed by atoms with van der Waals surface area (Å²) in [5.74, 6) is -0.217. The Morgan fingerprint density at radius 3 is 2.19 bits per heavy atom. The Balaban J connectivity index is 1.56. The molecule has 4 nitrogen and oxygen atoms in total. The van der Waals surface area contributed by atoms with Crippen LogP contribution in [0.1, 0.15) is 5.56 Å². The summed E-state index contributed by atoms with van der Waals surface area (Å²) < 4.78 is 40.4. The van der Waals surface area contributed by atoms with E-state index in [0.717, 1.165) is 31.7 Å². The maximum Gasteiger partial charge on any atom is 0.573 e. The van der Waals surface area contributed by atoms with Crippen molar-refractivity contribution in [3.63, 3.8) is 0 Å². The topological polar surface area (TPSA) is 32.8 Å². The van der Waals surface area contributed by atoms with Gasteiger partial charge in [0, 0.05) is 32.7 Å². The molecule has 1 fully saturated rings. The first-order chi connectivity index (χ1) is 12.4. The van der Waals surface area contributed by atoms with Crippen molar-refractivity contribution >= 4 is 5.69 Å². The van der Waals surface area contributed by atoms with Crippen LogP contribution in [-0.2, 0) is 6.54 Å². The molecule has 2 aromatic carbocycles. The van der Waals surface area contributed by atoms with E-state index in [0.29, 0.717) is 12.2 Å². The van der Waals surface area contributed by atoms with Crippen molar-refractivity contribution in [1.29, 1.82) is 0 Å². The van der Waals surface area contributed by atoms with Gasteiger partial charge in [-0.25, -0.2) is 0 Å². The summed E-state index contributed by atoms with van der Waals surface area (Å²) in [5, 5.41) is 0. The first-order valence-electron chi connectivity index (χ1n) is 8.32. The van der Waals surface area contributed by atoms with Crippen LogP contribution in [0.5, 0.6) is 5.75 Å². The van der Waals surface area contributed by atoms with Crippen molar-refractivity contribution < 1.29 is 17.9 Å². The molecule has 0 spiro atoms. The minimum Gasteiger partial charge on any atom is -0.406 e. The fraction of sp³-hybridized carbons (Fsp3) is 0.316. The molecule has 138 valence electrons. The summed E-state index contributed by atoms with van der Waals surface area (Å²) in [6.07, 6.45) is -4.67. The molecule has 26 heavy (non-hydrogen) atoms. The van der Waals surface area contributed by atoms with Crippen LogP contribution in [0.2, 0.25) is 0 Å². The van der Waals surface area contributed by atoms with Crippen LogP contribution in [0.3, 0.4) is 0 Å². The van der Waals surface area contributed by atoms with Crippen LogP contribution in [-0.4, -0.2) is 37.4 Å².